The van der Waals surface area contributed by atoms with Crippen molar-refractivity contribution in [1.82, 2.24) is 14.7 Å². The fourth-order valence-electron chi connectivity index (χ4n) is 2.21. The van der Waals surface area contributed by atoms with Crippen LogP contribution < -0.4 is 0 Å². The number of carboxylic acid groups (broad SMARTS) is 1. The fraction of sp³-hybridized carbons (Fsp3) is 0.636. The zero-order valence-corrected chi connectivity index (χ0v) is 9.68. The number of carbonyl (C=O) groups is 1. The molecule has 1 aromatic rings. The van der Waals surface area contributed by atoms with E-state index in [0.717, 1.165) is 18.8 Å². The molecule has 0 aromatic carbocycles. The smallest absolute Gasteiger partial charge is 0.339 e. The third-order valence-corrected chi connectivity index (χ3v) is 3.17. The largest absolute Gasteiger partial charge is 0.478 e. The summed E-state index contributed by atoms with van der Waals surface area (Å²) in [6, 6.07) is 0. The molecule has 0 spiro atoms. The first-order valence-electron chi connectivity index (χ1n) is 5.54. The van der Waals surface area contributed by atoms with Crippen molar-refractivity contribution >= 4 is 5.97 Å². The van der Waals surface area contributed by atoms with Gasteiger partial charge >= 0.3 is 5.97 Å². The van der Waals surface area contributed by atoms with Gasteiger partial charge in [0, 0.05) is 20.1 Å². The number of hydrogen-bond acceptors (Lipinski definition) is 3. The monoisotopic (exact) mass is 223 g/mol. The van der Waals surface area contributed by atoms with Gasteiger partial charge in [-0.2, -0.15) is 5.10 Å². The van der Waals surface area contributed by atoms with Crippen LogP contribution in [0.3, 0.4) is 0 Å². The van der Waals surface area contributed by atoms with Crippen LogP contribution >= 0.6 is 0 Å². The van der Waals surface area contributed by atoms with Crippen LogP contribution in [0.25, 0.3) is 0 Å². The summed E-state index contributed by atoms with van der Waals surface area (Å²) in [4.78, 5) is 13.3. The fourth-order valence-corrected chi connectivity index (χ4v) is 2.21. The van der Waals surface area contributed by atoms with E-state index in [-0.39, 0.29) is 0 Å². The molecule has 1 unspecified atom stereocenters. The molecule has 1 N–H and O–H groups in total. The van der Waals surface area contributed by atoms with Gasteiger partial charge in [0.05, 0.1) is 11.9 Å². The maximum absolute atomic E-state index is 11.0. The predicted octanol–water partition coefficient (Wildman–Crippen LogP) is 0.960. The lowest BCUT2D eigenvalue weighted by Gasteiger charge is -2.15. The Labute approximate surface area is 94.7 Å². The highest BCUT2D eigenvalue weighted by Gasteiger charge is 2.22. The van der Waals surface area contributed by atoms with Crippen LogP contribution in [0.2, 0.25) is 0 Å². The number of aryl methyl sites for hydroxylation is 1. The molecule has 1 aromatic heterocycles. The molecule has 5 heteroatoms. The maximum Gasteiger partial charge on any atom is 0.339 e. The summed E-state index contributed by atoms with van der Waals surface area (Å²) >= 11 is 0. The average Bonchev–Trinajstić information content (AvgIpc) is 2.76. The van der Waals surface area contributed by atoms with E-state index in [1.54, 1.807) is 11.7 Å². The van der Waals surface area contributed by atoms with Gasteiger partial charge in [0.2, 0.25) is 0 Å². The number of hydrogen-bond donors (Lipinski definition) is 1. The van der Waals surface area contributed by atoms with Crippen molar-refractivity contribution in [3.8, 4) is 0 Å². The van der Waals surface area contributed by atoms with Gasteiger partial charge in [-0.05, 0) is 18.9 Å². The second kappa shape index (κ2) is 4.25. The van der Waals surface area contributed by atoms with E-state index in [1.165, 1.54) is 12.6 Å². The predicted molar refractivity (Wildman–Crippen MR) is 59.2 cm³/mol. The number of nitrogens with zero attached hydrogens (tertiary/aromatic N) is 3. The molecule has 16 heavy (non-hydrogen) atoms. The summed E-state index contributed by atoms with van der Waals surface area (Å²) < 4.78 is 1.66. The van der Waals surface area contributed by atoms with Gasteiger partial charge in [-0.25, -0.2) is 4.79 Å². The minimum Gasteiger partial charge on any atom is -0.478 e. The lowest BCUT2D eigenvalue weighted by atomic mass is 10.2. The molecule has 0 aliphatic carbocycles. The molecule has 0 radical (unpaired) electrons. The summed E-state index contributed by atoms with van der Waals surface area (Å²) in [6.07, 6.45) is 2.62. The van der Waals surface area contributed by atoms with Gasteiger partial charge in [-0.3, -0.25) is 9.58 Å². The lowest BCUT2D eigenvalue weighted by Crippen LogP contribution is -2.22. The molecule has 5 nitrogen and oxygen atoms in total. The molecule has 0 amide bonds. The van der Waals surface area contributed by atoms with Crippen molar-refractivity contribution in [3.05, 3.63) is 17.5 Å². The van der Waals surface area contributed by atoms with Crippen molar-refractivity contribution in [2.45, 2.75) is 19.9 Å². The van der Waals surface area contributed by atoms with Crippen LogP contribution in [0.1, 0.15) is 29.4 Å². The van der Waals surface area contributed by atoms with Crippen LogP contribution in [0.15, 0.2) is 6.20 Å². The van der Waals surface area contributed by atoms with Gasteiger partial charge in [0.15, 0.2) is 0 Å². The molecule has 0 bridgehead atoms. The zero-order valence-electron chi connectivity index (χ0n) is 9.68. The Hall–Kier alpha value is -1.36. The van der Waals surface area contributed by atoms with Gasteiger partial charge < -0.3 is 5.11 Å². The maximum atomic E-state index is 11.0. The summed E-state index contributed by atoms with van der Waals surface area (Å²) in [7, 11) is 1.79. The van der Waals surface area contributed by atoms with E-state index in [1.807, 2.05) is 0 Å². The average molecular weight is 223 g/mol. The molecule has 88 valence electrons. The molecule has 1 saturated heterocycles. The Bertz CT molecular complexity index is 400. The number of rotatable bonds is 3. The summed E-state index contributed by atoms with van der Waals surface area (Å²) in [5, 5.41) is 13.0. The number of aromatic nitrogens is 2. The molecule has 2 heterocycles. The van der Waals surface area contributed by atoms with E-state index in [9.17, 15) is 4.79 Å². The molecule has 2 rings (SSSR count). The molecule has 1 aliphatic rings. The van der Waals surface area contributed by atoms with Crippen molar-refractivity contribution in [3.63, 3.8) is 0 Å². The van der Waals surface area contributed by atoms with Crippen molar-refractivity contribution in [2.24, 2.45) is 13.0 Å². The Balaban J connectivity index is 2.14. The van der Waals surface area contributed by atoms with Crippen LogP contribution in [0.5, 0.6) is 0 Å². The second-order valence-electron chi connectivity index (χ2n) is 4.56. The van der Waals surface area contributed by atoms with Crippen molar-refractivity contribution in [1.29, 1.82) is 0 Å². The molecular weight excluding hydrogens is 206 g/mol. The van der Waals surface area contributed by atoms with Gasteiger partial charge in [-0.1, -0.05) is 6.92 Å². The first-order valence-corrected chi connectivity index (χ1v) is 5.54. The van der Waals surface area contributed by atoms with Gasteiger partial charge in [0.1, 0.15) is 5.56 Å². The third-order valence-electron chi connectivity index (χ3n) is 3.17. The van der Waals surface area contributed by atoms with Crippen molar-refractivity contribution in [2.75, 3.05) is 13.1 Å². The Morgan fingerprint density at radius 2 is 2.44 bits per heavy atom. The van der Waals surface area contributed by atoms with E-state index >= 15 is 0 Å². The van der Waals surface area contributed by atoms with Gasteiger partial charge in [-0.15, -0.1) is 0 Å². The van der Waals surface area contributed by atoms with E-state index in [0.29, 0.717) is 18.0 Å². The molecule has 1 aliphatic heterocycles. The normalized spacial score (nSPS) is 21.5. The quantitative estimate of drug-likeness (QED) is 0.829. The highest BCUT2D eigenvalue weighted by atomic mass is 16.4. The minimum atomic E-state index is -0.893. The zero-order chi connectivity index (χ0) is 11.7. The molecule has 1 fully saturated rings. The van der Waals surface area contributed by atoms with Crippen LogP contribution in [-0.4, -0.2) is 38.8 Å². The summed E-state index contributed by atoms with van der Waals surface area (Å²) in [5.41, 5.74) is 1.11. The van der Waals surface area contributed by atoms with Crippen LogP contribution in [-0.2, 0) is 13.6 Å². The van der Waals surface area contributed by atoms with Gasteiger partial charge in [0.25, 0.3) is 0 Å². The molecule has 1 atom stereocenters. The molecule has 0 saturated carbocycles. The highest BCUT2D eigenvalue weighted by molar-refractivity contribution is 5.88. The number of aromatic carboxylic acids is 1. The summed E-state index contributed by atoms with van der Waals surface area (Å²) in [6.45, 7) is 5.00. The molecular formula is C11H17N3O2. The summed E-state index contributed by atoms with van der Waals surface area (Å²) in [5.74, 6) is -0.183. The Morgan fingerprint density at radius 1 is 1.69 bits per heavy atom. The highest BCUT2D eigenvalue weighted by Crippen LogP contribution is 2.19. The Morgan fingerprint density at radius 3 is 3.00 bits per heavy atom. The second-order valence-corrected chi connectivity index (χ2v) is 4.56. The minimum absolute atomic E-state index is 0.321. The van der Waals surface area contributed by atoms with E-state index in [4.69, 9.17) is 5.11 Å². The first kappa shape index (κ1) is 11.1. The van der Waals surface area contributed by atoms with E-state index < -0.39 is 5.97 Å². The number of likely N-dealkylation sites (tertiary alicyclic amines) is 1. The van der Waals surface area contributed by atoms with Crippen molar-refractivity contribution < 1.29 is 9.90 Å². The Kier molecular flexibility index (Phi) is 2.96. The van der Waals surface area contributed by atoms with E-state index in [2.05, 4.69) is 16.9 Å². The third kappa shape index (κ3) is 2.09. The van der Waals surface area contributed by atoms with Crippen LogP contribution in [0, 0.1) is 5.92 Å². The SMILES string of the molecule is CC1CCN(Cc2c(C(=O)O)cnn2C)C1. The van der Waals surface area contributed by atoms with Crippen LogP contribution in [0.4, 0.5) is 0 Å². The lowest BCUT2D eigenvalue weighted by molar-refractivity contribution is 0.0694. The number of carboxylic acids is 1. The topological polar surface area (TPSA) is 58.4 Å². The first-order chi connectivity index (χ1) is 7.58. The standard InChI is InChI=1S/C11H17N3O2/c1-8-3-4-14(6-8)7-10-9(11(15)16)5-12-13(10)2/h5,8H,3-4,6-7H2,1-2H3,(H,15,16).